The number of aryl methyl sites for hydroxylation is 1. The zero-order valence-corrected chi connectivity index (χ0v) is 10.5. The van der Waals surface area contributed by atoms with Crippen LogP contribution in [0.25, 0.3) is 0 Å². The second kappa shape index (κ2) is 4.68. The minimum atomic E-state index is -0.354. The summed E-state index contributed by atoms with van der Waals surface area (Å²) in [6.45, 7) is 1.86. The molecule has 0 aliphatic carbocycles. The van der Waals surface area contributed by atoms with Crippen LogP contribution in [0.15, 0.2) is 17.6 Å². The van der Waals surface area contributed by atoms with Crippen molar-refractivity contribution in [3.63, 3.8) is 0 Å². The molecule has 0 saturated carbocycles. The Bertz CT molecular complexity index is 569. The minimum Gasteiger partial charge on any atom is -0.375 e. The molecule has 0 unspecified atom stereocenters. The van der Waals surface area contributed by atoms with Crippen LogP contribution in [0.2, 0.25) is 5.15 Å². The number of anilines is 2. The summed E-state index contributed by atoms with van der Waals surface area (Å²) in [5, 5.41) is 4.81. The third-order valence-electron chi connectivity index (χ3n) is 1.98. The van der Waals surface area contributed by atoms with Crippen LogP contribution < -0.4 is 11.1 Å². The number of aromatic nitrogens is 2. The predicted molar refractivity (Wildman–Crippen MR) is 68.5 cm³/mol. The summed E-state index contributed by atoms with van der Waals surface area (Å²) in [6.07, 6.45) is 1.62. The van der Waals surface area contributed by atoms with Crippen molar-refractivity contribution in [1.82, 2.24) is 9.97 Å². The fraction of sp³-hybridized carbons (Fsp3) is 0.100. The quantitative estimate of drug-likeness (QED) is 0.819. The molecule has 0 aromatic carbocycles. The van der Waals surface area contributed by atoms with Crippen LogP contribution in [0, 0.1) is 6.92 Å². The first kappa shape index (κ1) is 11.8. The highest BCUT2D eigenvalue weighted by Crippen LogP contribution is 2.21. The number of thiazole rings is 1. The number of carbonyl (C=O) groups excluding carboxylic acids is 1. The van der Waals surface area contributed by atoms with E-state index in [0.717, 1.165) is 5.56 Å². The largest absolute Gasteiger partial charge is 0.375 e. The molecule has 0 atom stereocenters. The van der Waals surface area contributed by atoms with Crippen LogP contribution in [-0.4, -0.2) is 15.9 Å². The topological polar surface area (TPSA) is 80.9 Å². The van der Waals surface area contributed by atoms with Crippen molar-refractivity contribution in [1.29, 1.82) is 0 Å². The van der Waals surface area contributed by atoms with Crippen molar-refractivity contribution in [3.05, 3.63) is 34.1 Å². The highest BCUT2D eigenvalue weighted by atomic mass is 35.5. The Morgan fingerprint density at radius 1 is 1.59 bits per heavy atom. The number of hydrogen-bond donors (Lipinski definition) is 2. The average molecular weight is 269 g/mol. The van der Waals surface area contributed by atoms with Crippen LogP contribution in [0.3, 0.4) is 0 Å². The van der Waals surface area contributed by atoms with Gasteiger partial charge in [0.05, 0.1) is 5.69 Å². The Morgan fingerprint density at radius 2 is 2.35 bits per heavy atom. The molecule has 0 bridgehead atoms. The zero-order valence-electron chi connectivity index (χ0n) is 8.90. The number of nitrogens with one attached hydrogen (secondary N) is 1. The molecule has 2 heterocycles. The molecule has 88 valence electrons. The zero-order chi connectivity index (χ0) is 12.4. The van der Waals surface area contributed by atoms with Crippen LogP contribution in [0.4, 0.5) is 10.8 Å². The van der Waals surface area contributed by atoms with Gasteiger partial charge in [-0.2, -0.15) is 0 Å². The van der Waals surface area contributed by atoms with Gasteiger partial charge in [-0.05, 0) is 18.6 Å². The Hall–Kier alpha value is -1.66. The van der Waals surface area contributed by atoms with Gasteiger partial charge in [-0.25, -0.2) is 9.97 Å². The lowest BCUT2D eigenvalue weighted by Gasteiger charge is -2.05. The van der Waals surface area contributed by atoms with E-state index < -0.39 is 0 Å². The third-order valence-corrected chi connectivity index (χ3v) is 2.95. The number of rotatable bonds is 2. The molecule has 17 heavy (non-hydrogen) atoms. The van der Waals surface area contributed by atoms with E-state index >= 15 is 0 Å². The first-order chi connectivity index (χ1) is 8.06. The number of nitrogen functional groups attached to an aromatic ring is 1. The second-order valence-corrected chi connectivity index (χ2v) is 4.62. The van der Waals surface area contributed by atoms with Crippen molar-refractivity contribution in [2.24, 2.45) is 0 Å². The van der Waals surface area contributed by atoms with E-state index in [1.54, 1.807) is 17.6 Å². The monoisotopic (exact) mass is 268 g/mol. The molecule has 0 radical (unpaired) electrons. The SMILES string of the molecule is Cc1cnc(Cl)c(NC(=O)c2csc(N)n2)c1. The van der Waals surface area contributed by atoms with Crippen molar-refractivity contribution < 1.29 is 4.79 Å². The van der Waals surface area contributed by atoms with Gasteiger partial charge in [-0.3, -0.25) is 4.79 Å². The van der Waals surface area contributed by atoms with Gasteiger partial charge in [0.25, 0.3) is 5.91 Å². The molecule has 0 spiro atoms. The second-order valence-electron chi connectivity index (χ2n) is 3.38. The fourth-order valence-electron chi connectivity index (χ4n) is 1.22. The summed E-state index contributed by atoms with van der Waals surface area (Å²) in [5.41, 5.74) is 7.09. The standard InChI is InChI=1S/C10H9ClN4OS/c1-5-2-6(8(11)13-3-5)14-9(16)7-4-17-10(12)15-7/h2-4H,1H3,(H2,12,15)(H,14,16). The summed E-state index contributed by atoms with van der Waals surface area (Å²) in [6, 6.07) is 1.74. The van der Waals surface area contributed by atoms with Crippen LogP contribution >= 0.6 is 22.9 Å². The van der Waals surface area contributed by atoms with Crippen LogP contribution in [0.5, 0.6) is 0 Å². The van der Waals surface area contributed by atoms with Gasteiger partial charge in [-0.15, -0.1) is 11.3 Å². The first-order valence-corrected chi connectivity index (χ1v) is 5.96. The van der Waals surface area contributed by atoms with Gasteiger partial charge < -0.3 is 11.1 Å². The van der Waals surface area contributed by atoms with Crippen LogP contribution in [0.1, 0.15) is 16.1 Å². The summed E-state index contributed by atoms with van der Waals surface area (Å²) in [4.78, 5) is 19.6. The summed E-state index contributed by atoms with van der Waals surface area (Å²) < 4.78 is 0. The van der Waals surface area contributed by atoms with Crippen molar-refractivity contribution in [2.75, 3.05) is 11.1 Å². The van der Waals surface area contributed by atoms with Crippen molar-refractivity contribution in [2.45, 2.75) is 6.92 Å². The first-order valence-electron chi connectivity index (χ1n) is 4.71. The number of carbonyl (C=O) groups is 1. The predicted octanol–water partition coefficient (Wildman–Crippen LogP) is 2.33. The van der Waals surface area contributed by atoms with E-state index in [0.29, 0.717) is 10.8 Å². The Morgan fingerprint density at radius 3 is 3.00 bits per heavy atom. The van der Waals surface area contributed by atoms with Gasteiger partial charge in [0, 0.05) is 11.6 Å². The van der Waals surface area contributed by atoms with Gasteiger partial charge in [0.1, 0.15) is 5.69 Å². The number of pyridine rings is 1. The molecule has 5 nitrogen and oxygen atoms in total. The maximum Gasteiger partial charge on any atom is 0.275 e. The molecular weight excluding hydrogens is 260 g/mol. The number of halogens is 1. The molecule has 2 aromatic rings. The molecular formula is C10H9ClN4OS. The van der Waals surface area contributed by atoms with Gasteiger partial charge >= 0.3 is 0 Å². The molecule has 2 aromatic heterocycles. The maximum atomic E-state index is 11.8. The molecule has 0 fully saturated rings. The molecule has 1 amide bonds. The molecule has 0 saturated heterocycles. The summed E-state index contributed by atoms with van der Waals surface area (Å²) >= 11 is 7.07. The highest BCUT2D eigenvalue weighted by Gasteiger charge is 2.12. The lowest BCUT2D eigenvalue weighted by atomic mass is 10.3. The molecule has 2 rings (SSSR count). The Balaban J connectivity index is 2.21. The van der Waals surface area contributed by atoms with Gasteiger partial charge in [0.2, 0.25) is 0 Å². The molecule has 0 aliphatic rings. The number of nitrogens with two attached hydrogens (primary N) is 1. The summed E-state index contributed by atoms with van der Waals surface area (Å²) in [7, 11) is 0. The third kappa shape index (κ3) is 2.72. The smallest absolute Gasteiger partial charge is 0.275 e. The van der Waals surface area contributed by atoms with E-state index in [-0.39, 0.29) is 16.8 Å². The Labute approximate surface area is 107 Å². The van der Waals surface area contributed by atoms with E-state index in [9.17, 15) is 4.79 Å². The maximum absolute atomic E-state index is 11.8. The van der Waals surface area contributed by atoms with E-state index in [2.05, 4.69) is 15.3 Å². The normalized spacial score (nSPS) is 10.2. The van der Waals surface area contributed by atoms with Gasteiger partial charge in [-0.1, -0.05) is 11.6 Å². The fourth-order valence-corrected chi connectivity index (χ4v) is 1.91. The molecule has 3 N–H and O–H groups in total. The lowest BCUT2D eigenvalue weighted by molar-refractivity contribution is 0.102. The minimum absolute atomic E-state index is 0.243. The molecule has 7 heteroatoms. The number of hydrogen-bond acceptors (Lipinski definition) is 5. The summed E-state index contributed by atoms with van der Waals surface area (Å²) in [5.74, 6) is -0.354. The van der Waals surface area contributed by atoms with Crippen molar-refractivity contribution >= 4 is 39.7 Å². The van der Waals surface area contributed by atoms with Gasteiger partial charge in [0.15, 0.2) is 10.3 Å². The van der Waals surface area contributed by atoms with Crippen LogP contribution in [-0.2, 0) is 0 Å². The lowest BCUT2D eigenvalue weighted by Crippen LogP contribution is -2.13. The molecule has 0 aliphatic heterocycles. The van der Waals surface area contributed by atoms with E-state index in [1.807, 2.05) is 6.92 Å². The van der Waals surface area contributed by atoms with Crippen molar-refractivity contribution in [3.8, 4) is 0 Å². The number of nitrogens with zero attached hydrogens (tertiary/aromatic N) is 2. The average Bonchev–Trinajstić information content (AvgIpc) is 2.70. The Kier molecular flexibility index (Phi) is 3.26. The van der Waals surface area contributed by atoms with E-state index in [4.69, 9.17) is 17.3 Å². The van der Waals surface area contributed by atoms with E-state index in [1.165, 1.54) is 11.3 Å². The highest BCUT2D eigenvalue weighted by molar-refractivity contribution is 7.13. The number of amides is 1.